The molecule has 164 valence electrons. The first-order valence-electron chi connectivity index (χ1n) is 11.5. The number of fused-ring (bicyclic) bond motifs is 3. The van der Waals surface area contributed by atoms with Gasteiger partial charge in [0.2, 0.25) is 0 Å². The molecule has 0 saturated carbocycles. The molecule has 2 aromatic heterocycles. The molecule has 0 amide bonds. The fraction of sp³-hybridized carbons (Fsp3) is 0.542. The molecule has 4 heterocycles. The molecule has 1 fully saturated rings. The minimum Gasteiger partial charge on any atom is -0.368 e. The van der Waals surface area contributed by atoms with Crippen molar-refractivity contribution in [3.63, 3.8) is 0 Å². The molecule has 0 spiro atoms. The Balaban J connectivity index is 1.69. The second-order valence-electron chi connectivity index (χ2n) is 9.35. The molecule has 7 heteroatoms. The zero-order valence-electron chi connectivity index (χ0n) is 19.2. The highest BCUT2D eigenvalue weighted by atomic mass is 15.3. The van der Waals surface area contributed by atoms with E-state index in [1.165, 1.54) is 28.8 Å². The van der Waals surface area contributed by atoms with Gasteiger partial charge in [-0.15, -0.1) is 0 Å². The van der Waals surface area contributed by atoms with Gasteiger partial charge in [-0.1, -0.05) is 13.3 Å². The summed E-state index contributed by atoms with van der Waals surface area (Å²) >= 11 is 0. The minimum atomic E-state index is 0.206. The molecule has 2 aliphatic heterocycles. The molecule has 2 unspecified atom stereocenters. The second-order valence-corrected chi connectivity index (χ2v) is 9.35. The van der Waals surface area contributed by atoms with Gasteiger partial charge in [0.05, 0.1) is 29.3 Å². The third-order valence-electron chi connectivity index (χ3n) is 7.20. The number of hydrogen-bond acceptors (Lipinski definition) is 6. The summed E-state index contributed by atoms with van der Waals surface area (Å²) in [6, 6.07) is 0.781. The maximum Gasteiger partial charge on any atom is 0.0910 e. The van der Waals surface area contributed by atoms with E-state index >= 15 is 0 Å². The number of aromatic nitrogens is 3. The summed E-state index contributed by atoms with van der Waals surface area (Å²) < 4.78 is 0. The topological polar surface area (TPSA) is 72.4 Å². The van der Waals surface area contributed by atoms with Crippen molar-refractivity contribution >= 4 is 11.9 Å². The first-order chi connectivity index (χ1) is 15.0. The Morgan fingerprint density at radius 3 is 2.74 bits per heavy atom. The van der Waals surface area contributed by atoms with Gasteiger partial charge in [0.1, 0.15) is 0 Å². The molecule has 1 aliphatic carbocycles. The Kier molecular flexibility index (Phi) is 5.08. The van der Waals surface area contributed by atoms with Crippen LogP contribution >= 0.6 is 0 Å². The van der Waals surface area contributed by atoms with Crippen molar-refractivity contribution in [2.45, 2.75) is 58.0 Å². The van der Waals surface area contributed by atoms with E-state index in [0.717, 1.165) is 48.6 Å². The monoisotopic (exact) mass is 419 g/mol. The highest BCUT2D eigenvalue weighted by Crippen LogP contribution is 2.42. The lowest BCUT2D eigenvalue weighted by Crippen LogP contribution is -2.35. The van der Waals surface area contributed by atoms with Crippen LogP contribution in [0.25, 0.3) is 17.0 Å². The van der Waals surface area contributed by atoms with Crippen molar-refractivity contribution in [2.75, 3.05) is 27.2 Å². The highest BCUT2D eigenvalue weighted by Gasteiger charge is 2.38. The third kappa shape index (κ3) is 3.26. The van der Waals surface area contributed by atoms with Crippen LogP contribution in [0.1, 0.15) is 53.8 Å². The molecule has 0 radical (unpaired) electrons. The average Bonchev–Trinajstić information content (AvgIpc) is 3.49. The van der Waals surface area contributed by atoms with Gasteiger partial charge in [-0.3, -0.25) is 5.10 Å². The van der Waals surface area contributed by atoms with Crippen molar-refractivity contribution in [1.82, 2.24) is 30.4 Å². The third-order valence-corrected chi connectivity index (χ3v) is 7.20. The Morgan fingerprint density at radius 2 is 2.06 bits per heavy atom. The number of nitrogens with one attached hydrogen (secondary N) is 2. The summed E-state index contributed by atoms with van der Waals surface area (Å²) in [5.74, 6) is 0.244. The number of likely N-dealkylation sites (tertiary alicyclic amines) is 1. The average molecular weight is 420 g/mol. The highest BCUT2D eigenvalue weighted by molar-refractivity contribution is 5.83. The van der Waals surface area contributed by atoms with Gasteiger partial charge in [0, 0.05) is 42.5 Å². The summed E-state index contributed by atoms with van der Waals surface area (Å²) in [5, 5.41) is 11.8. The number of hydrazone groups is 1. The fourth-order valence-electron chi connectivity index (χ4n) is 5.39. The van der Waals surface area contributed by atoms with Crippen molar-refractivity contribution in [3.8, 4) is 11.3 Å². The minimum absolute atomic E-state index is 0.206. The number of hydrogen-bond donors (Lipinski definition) is 2. The van der Waals surface area contributed by atoms with E-state index in [9.17, 15) is 0 Å². The van der Waals surface area contributed by atoms with E-state index in [-0.39, 0.29) is 12.0 Å². The summed E-state index contributed by atoms with van der Waals surface area (Å²) in [6.07, 6.45) is 9.63. The lowest BCUT2D eigenvalue weighted by atomic mass is 9.80. The van der Waals surface area contributed by atoms with E-state index in [0.29, 0.717) is 6.04 Å². The maximum absolute atomic E-state index is 5.38. The summed E-state index contributed by atoms with van der Waals surface area (Å²) in [5.41, 5.74) is 13.0. The number of rotatable bonds is 5. The van der Waals surface area contributed by atoms with Crippen LogP contribution in [0.15, 0.2) is 17.4 Å². The van der Waals surface area contributed by atoms with E-state index in [2.05, 4.69) is 77.7 Å². The smallest absolute Gasteiger partial charge is 0.0910 e. The van der Waals surface area contributed by atoms with Gasteiger partial charge < -0.3 is 15.2 Å². The Labute approximate surface area is 184 Å². The normalized spacial score (nSPS) is 24.4. The number of aryl methyl sites for hydroxylation is 1. The molecular formula is C24H33N7. The van der Waals surface area contributed by atoms with Crippen LogP contribution in [0.5, 0.6) is 0 Å². The zero-order chi connectivity index (χ0) is 21.7. The standard InChI is InChI=1S/C24H33N7/c1-6-7-17-14(2)22-19-12-26-29-20(19)10-21(31-9-8-16(13-31)30(4)5)24(22)27-23(17)18-11-25-28-15(18)3/h10-12,16,19-20,29H,6-9,13H2,1-5H3,(H,25,28)/t16-,19?,20?/m0/s1. The van der Waals surface area contributed by atoms with Gasteiger partial charge in [0.15, 0.2) is 0 Å². The fourth-order valence-corrected chi connectivity index (χ4v) is 5.39. The molecule has 0 aromatic carbocycles. The van der Waals surface area contributed by atoms with Crippen LogP contribution in [0.3, 0.4) is 0 Å². The molecule has 0 bridgehead atoms. The SMILES string of the molecule is CCCc1c(-c2cn[nH]c2C)nc2c(c1C)C1C=NNC1C=C2N1CC[C@H](N(C)C)C1. The van der Waals surface area contributed by atoms with Gasteiger partial charge in [-0.2, -0.15) is 10.2 Å². The number of H-pyrrole nitrogens is 1. The molecule has 2 aromatic rings. The van der Waals surface area contributed by atoms with Crippen molar-refractivity contribution in [2.24, 2.45) is 5.10 Å². The molecule has 5 rings (SSSR count). The summed E-state index contributed by atoms with van der Waals surface area (Å²) in [4.78, 5) is 10.2. The van der Waals surface area contributed by atoms with Crippen LogP contribution in [-0.2, 0) is 6.42 Å². The number of pyridine rings is 1. The number of likely N-dealkylation sites (N-methyl/N-ethyl adjacent to an activating group) is 1. The van der Waals surface area contributed by atoms with Crippen LogP contribution in [-0.4, -0.2) is 70.5 Å². The van der Waals surface area contributed by atoms with Crippen molar-refractivity contribution in [1.29, 1.82) is 0 Å². The van der Waals surface area contributed by atoms with Crippen LogP contribution in [0.4, 0.5) is 0 Å². The first-order valence-corrected chi connectivity index (χ1v) is 11.5. The lowest BCUT2D eigenvalue weighted by molar-refractivity contribution is 0.298. The van der Waals surface area contributed by atoms with E-state index in [4.69, 9.17) is 4.98 Å². The molecule has 3 aliphatic rings. The molecule has 1 saturated heterocycles. The Morgan fingerprint density at radius 1 is 1.23 bits per heavy atom. The van der Waals surface area contributed by atoms with Gasteiger partial charge in [-0.05, 0) is 63.6 Å². The predicted octanol–water partition coefficient (Wildman–Crippen LogP) is 3.07. The first kappa shape index (κ1) is 20.2. The van der Waals surface area contributed by atoms with Gasteiger partial charge in [0.25, 0.3) is 0 Å². The molecule has 2 N–H and O–H groups in total. The van der Waals surface area contributed by atoms with E-state index < -0.39 is 0 Å². The quantitative estimate of drug-likeness (QED) is 0.779. The molecule has 7 nitrogen and oxygen atoms in total. The number of aromatic amines is 1. The van der Waals surface area contributed by atoms with Crippen LogP contribution in [0, 0.1) is 13.8 Å². The predicted molar refractivity (Wildman–Crippen MR) is 125 cm³/mol. The lowest BCUT2D eigenvalue weighted by Gasteiger charge is -2.34. The molecular weight excluding hydrogens is 386 g/mol. The van der Waals surface area contributed by atoms with Crippen molar-refractivity contribution in [3.05, 3.63) is 40.4 Å². The van der Waals surface area contributed by atoms with Gasteiger partial charge >= 0.3 is 0 Å². The van der Waals surface area contributed by atoms with E-state index in [1.54, 1.807) is 0 Å². The second kappa shape index (κ2) is 7.79. The van der Waals surface area contributed by atoms with Crippen LogP contribution < -0.4 is 5.43 Å². The van der Waals surface area contributed by atoms with Crippen LogP contribution in [0.2, 0.25) is 0 Å². The number of nitrogens with zero attached hydrogens (tertiary/aromatic N) is 5. The summed E-state index contributed by atoms with van der Waals surface area (Å²) in [7, 11) is 4.36. The van der Waals surface area contributed by atoms with Crippen molar-refractivity contribution < 1.29 is 0 Å². The molecule has 31 heavy (non-hydrogen) atoms. The maximum atomic E-state index is 5.38. The largest absolute Gasteiger partial charge is 0.368 e. The zero-order valence-corrected chi connectivity index (χ0v) is 19.2. The summed E-state index contributed by atoms with van der Waals surface area (Å²) in [6.45, 7) is 8.70. The van der Waals surface area contributed by atoms with Gasteiger partial charge in [-0.25, -0.2) is 4.98 Å². The van der Waals surface area contributed by atoms with E-state index in [1.807, 2.05) is 6.20 Å². The molecule has 3 atom stereocenters. The Hall–Kier alpha value is -2.67. The Bertz CT molecular complexity index is 1050.